The van der Waals surface area contributed by atoms with Gasteiger partial charge >= 0.3 is 0 Å². The first-order chi connectivity index (χ1) is 9.04. The molecule has 3 N–H and O–H groups in total. The highest BCUT2D eigenvalue weighted by atomic mass is 16.2. The van der Waals surface area contributed by atoms with Crippen molar-refractivity contribution >= 4 is 11.6 Å². The molecule has 0 aliphatic carbocycles. The standard InChI is InChI=1S/C13H17N5O/c1-9-3-5-11(6-4-9)16-12(19)7-18-8-15-13(17-18)10(2)14/h3-6,8,10H,7,14H2,1-2H3,(H,16,19). The van der Waals surface area contributed by atoms with E-state index in [0.717, 1.165) is 11.3 Å². The molecule has 0 bridgehead atoms. The Bertz CT molecular complexity index is 559. The van der Waals surface area contributed by atoms with Gasteiger partial charge in [-0.25, -0.2) is 9.67 Å². The highest BCUT2D eigenvalue weighted by Gasteiger charge is 2.08. The summed E-state index contributed by atoms with van der Waals surface area (Å²) in [4.78, 5) is 15.8. The van der Waals surface area contributed by atoms with Crippen LogP contribution >= 0.6 is 0 Å². The van der Waals surface area contributed by atoms with Gasteiger partial charge in [0.2, 0.25) is 5.91 Å². The quantitative estimate of drug-likeness (QED) is 0.865. The molecule has 1 amide bonds. The van der Waals surface area contributed by atoms with Crippen molar-refractivity contribution in [3.63, 3.8) is 0 Å². The molecule has 100 valence electrons. The van der Waals surface area contributed by atoms with E-state index < -0.39 is 0 Å². The van der Waals surface area contributed by atoms with E-state index in [1.54, 1.807) is 6.92 Å². The highest BCUT2D eigenvalue weighted by molar-refractivity contribution is 5.90. The smallest absolute Gasteiger partial charge is 0.246 e. The van der Waals surface area contributed by atoms with Crippen molar-refractivity contribution in [2.24, 2.45) is 5.73 Å². The van der Waals surface area contributed by atoms with Crippen molar-refractivity contribution in [2.75, 3.05) is 5.32 Å². The van der Waals surface area contributed by atoms with Gasteiger partial charge in [-0.1, -0.05) is 17.7 Å². The van der Waals surface area contributed by atoms with Crippen LogP contribution in [0.25, 0.3) is 0 Å². The molecule has 0 radical (unpaired) electrons. The van der Waals surface area contributed by atoms with Crippen LogP contribution in [-0.4, -0.2) is 20.7 Å². The Kier molecular flexibility index (Phi) is 3.91. The minimum atomic E-state index is -0.235. The zero-order chi connectivity index (χ0) is 13.8. The SMILES string of the molecule is Cc1ccc(NC(=O)Cn2cnc(C(C)N)n2)cc1. The molecule has 0 fully saturated rings. The van der Waals surface area contributed by atoms with Crippen LogP contribution in [0.3, 0.4) is 0 Å². The highest BCUT2D eigenvalue weighted by Crippen LogP contribution is 2.08. The summed E-state index contributed by atoms with van der Waals surface area (Å²) in [5.74, 6) is 0.383. The fourth-order valence-electron chi connectivity index (χ4n) is 1.58. The molecular weight excluding hydrogens is 242 g/mol. The van der Waals surface area contributed by atoms with E-state index in [0.29, 0.717) is 5.82 Å². The van der Waals surface area contributed by atoms with Gasteiger partial charge in [0.1, 0.15) is 12.9 Å². The Morgan fingerprint density at radius 2 is 2.11 bits per heavy atom. The van der Waals surface area contributed by atoms with Crippen LogP contribution in [0.1, 0.15) is 24.4 Å². The van der Waals surface area contributed by atoms with Crippen molar-refractivity contribution in [1.82, 2.24) is 14.8 Å². The summed E-state index contributed by atoms with van der Waals surface area (Å²) in [6, 6.07) is 7.38. The Labute approximate surface area is 111 Å². The lowest BCUT2D eigenvalue weighted by atomic mass is 10.2. The third kappa shape index (κ3) is 3.62. The topological polar surface area (TPSA) is 85.8 Å². The average Bonchev–Trinajstić information content (AvgIpc) is 2.80. The second kappa shape index (κ2) is 5.62. The monoisotopic (exact) mass is 259 g/mol. The van der Waals surface area contributed by atoms with Crippen LogP contribution < -0.4 is 11.1 Å². The molecule has 0 spiro atoms. The zero-order valence-electron chi connectivity index (χ0n) is 11.0. The molecule has 1 heterocycles. The Hall–Kier alpha value is -2.21. The second-order valence-corrected chi connectivity index (χ2v) is 4.50. The molecule has 0 saturated heterocycles. The van der Waals surface area contributed by atoms with Crippen molar-refractivity contribution in [3.8, 4) is 0 Å². The number of aryl methyl sites for hydroxylation is 1. The van der Waals surface area contributed by atoms with Gasteiger partial charge < -0.3 is 11.1 Å². The van der Waals surface area contributed by atoms with Crippen LogP contribution in [-0.2, 0) is 11.3 Å². The van der Waals surface area contributed by atoms with Gasteiger partial charge in [-0.2, -0.15) is 5.10 Å². The minimum absolute atomic E-state index is 0.119. The van der Waals surface area contributed by atoms with E-state index in [1.807, 2.05) is 31.2 Å². The molecule has 6 heteroatoms. The molecule has 1 aromatic carbocycles. The number of benzene rings is 1. The average molecular weight is 259 g/mol. The molecule has 0 aliphatic heterocycles. The number of aromatic nitrogens is 3. The van der Waals surface area contributed by atoms with E-state index in [1.165, 1.54) is 11.0 Å². The molecule has 0 aliphatic rings. The molecule has 1 unspecified atom stereocenters. The van der Waals surface area contributed by atoms with Crippen molar-refractivity contribution in [2.45, 2.75) is 26.4 Å². The maximum absolute atomic E-state index is 11.8. The molecule has 6 nitrogen and oxygen atoms in total. The van der Waals surface area contributed by atoms with Crippen LogP contribution in [0.4, 0.5) is 5.69 Å². The second-order valence-electron chi connectivity index (χ2n) is 4.50. The first kappa shape index (κ1) is 13.2. The maximum atomic E-state index is 11.8. The van der Waals surface area contributed by atoms with Crippen LogP contribution in [0, 0.1) is 6.92 Å². The van der Waals surface area contributed by atoms with E-state index >= 15 is 0 Å². The maximum Gasteiger partial charge on any atom is 0.246 e. The lowest BCUT2D eigenvalue weighted by Gasteiger charge is -2.05. The Morgan fingerprint density at radius 1 is 1.42 bits per heavy atom. The van der Waals surface area contributed by atoms with Gasteiger partial charge in [0.25, 0.3) is 0 Å². The first-order valence-electron chi connectivity index (χ1n) is 6.06. The van der Waals surface area contributed by atoms with Crippen LogP contribution in [0.2, 0.25) is 0 Å². The van der Waals surface area contributed by atoms with Gasteiger partial charge in [0.05, 0.1) is 6.04 Å². The lowest BCUT2D eigenvalue weighted by Crippen LogP contribution is -2.19. The van der Waals surface area contributed by atoms with Gasteiger partial charge in [-0.05, 0) is 26.0 Å². The third-order valence-corrected chi connectivity index (χ3v) is 2.60. The predicted octanol–water partition coefficient (Wildman–Crippen LogP) is 1.24. The summed E-state index contributed by atoms with van der Waals surface area (Å²) in [7, 11) is 0. The Morgan fingerprint density at radius 3 is 2.68 bits per heavy atom. The molecular formula is C13H17N5O. The van der Waals surface area contributed by atoms with Crippen molar-refractivity contribution in [1.29, 1.82) is 0 Å². The summed E-state index contributed by atoms with van der Waals surface area (Å²) in [5, 5.41) is 6.92. The summed E-state index contributed by atoms with van der Waals surface area (Å²) in [6.45, 7) is 3.91. The number of nitrogens with one attached hydrogen (secondary N) is 1. The van der Waals surface area contributed by atoms with Gasteiger partial charge in [-0.3, -0.25) is 4.79 Å². The summed E-state index contributed by atoms with van der Waals surface area (Å²) in [5.41, 5.74) is 7.57. The van der Waals surface area contributed by atoms with Gasteiger partial charge in [-0.15, -0.1) is 0 Å². The minimum Gasteiger partial charge on any atom is -0.324 e. The predicted molar refractivity (Wildman–Crippen MR) is 72.4 cm³/mol. The number of nitrogens with two attached hydrogens (primary N) is 1. The number of rotatable bonds is 4. The number of hydrogen-bond donors (Lipinski definition) is 2. The van der Waals surface area contributed by atoms with Crippen LogP contribution in [0.5, 0.6) is 0 Å². The molecule has 2 rings (SSSR count). The zero-order valence-corrected chi connectivity index (χ0v) is 11.0. The van der Waals surface area contributed by atoms with Crippen molar-refractivity contribution < 1.29 is 4.79 Å². The number of hydrogen-bond acceptors (Lipinski definition) is 4. The summed E-state index contributed by atoms with van der Waals surface area (Å²) >= 11 is 0. The van der Waals surface area contributed by atoms with Crippen molar-refractivity contribution in [3.05, 3.63) is 42.0 Å². The largest absolute Gasteiger partial charge is 0.324 e. The fraction of sp³-hybridized carbons (Fsp3) is 0.308. The van der Waals surface area contributed by atoms with E-state index in [9.17, 15) is 4.79 Å². The first-order valence-corrected chi connectivity index (χ1v) is 6.06. The van der Waals surface area contributed by atoms with E-state index in [4.69, 9.17) is 5.73 Å². The number of anilines is 1. The van der Waals surface area contributed by atoms with Gasteiger partial charge in [0.15, 0.2) is 5.82 Å². The molecule has 2 aromatic rings. The van der Waals surface area contributed by atoms with E-state index in [-0.39, 0.29) is 18.5 Å². The summed E-state index contributed by atoms with van der Waals surface area (Å²) in [6.07, 6.45) is 1.51. The molecule has 19 heavy (non-hydrogen) atoms. The molecule has 1 aromatic heterocycles. The van der Waals surface area contributed by atoms with E-state index in [2.05, 4.69) is 15.4 Å². The van der Waals surface area contributed by atoms with Gasteiger partial charge in [0, 0.05) is 5.69 Å². The number of nitrogens with zero attached hydrogens (tertiary/aromatic N) is 3. The number of carbonyl (C=O) groups is 1. The molecule has 0 saturated carbocycles. The molecule has 1 atom stereocenters. The third-order valence-electron chi connectivity index (χ3n) is 2.60. The normalized spacial score (nSPS) is 12.2. The number of amides is 1. The number of carbonyl (C=O) groups excluding carboxylic acids is 1. The van der Waals surface area contributed by atoms with Crippen LogP contribution in [0.15, 0.2) is 30.6 Å². The fourth-order valence-corrected chi connectivity index (χ4v) is 1.58. The summed E-state index contributed by atoms with van der Waals surface area (Å²) < 4.78 is 1.47. The lowest BCUT2D eigenvalue weighted by molar-refractivity contribution is -0.116. The Balaban J connectivity index is 1.95.